The summed E-state index contributed by atoms with van der Waals surface area (Å²) in [5.41, 5.74) is 17.4. The molecular formula is C52H46N2. The van der Waals surface area contributed by atoms with E-state index in [-0.39, 0.29) is 12.1 Å². The number of benzene rings is 6. The van der Waals surface area contributed by atoms with Crippen LogP contribution in [0.1, 0.15) is 66.6 Å². The van der Waals surface area contributed by atoms with Gasteiger partial charge in [0.15, 0.2) is 0 Å². The van der Waals surface area contributed by atoms with E-state index in [1.54, 1.807) is 0 Å². The van der Waals surface area contributed by atoms with E-state index in [1.165, 1.54) is 61.2 Å². The first-order chi connectivity index (χ1) is 26.6. The number of aliphatic imine (C=N–C) groups is 1. The minimum atomic E-state index is -0.237. The SMILES string of the molecule is C/C=C(/C1=CCC=CC=C1)N(C)[C@H](/N=C(\CC)c1ccccc1-c1ccccc1)c1ccc(-c2ccc(C3c4ccccc4-c4ccccc43)cc2)cc1. The van der Waals surface area contributed by atoms with Gasteiger partial charge in [-0.25, -0.2) is 0 Å². The molecule has 264 valence electrons. The van der Waals surface area contributed by atoms with Crippen LogP contribution in [0.2, 0.25) is 0 Å². The fourth-order valence-electron chi connectivity index (χ4n) is 8.19. The number of rotatable bonds is 10. The van der Waals surface area contributed by atoms with Crippen LogP contribution < -0.4 is 0 Å². The molecule has 0 aromatic heterocycles. The molecule has 2 aliphatic rings. The van der Waals surface area contributed by atoms with E-state index in [0.29, 0.717) is 0 Å². The third-order valence-corrected chi connectivity index (χ3v) is 10.9. The summed E-state index contributed by atoms with van der Waals surface area (Å²) in [4.78, 5) is 7.97. The van der Waals surface area contributed by atoms with Gasteiger partial charge in [0.2, 0.25) is 0 Å². The van der Waals surface area contributed by atoms with Crippen molar-refractivity contribution in [3.8, 4) is 33.4 Å². The topological polar surface area (TPSA) is 15.6 Å². The molecule has 0 bridgehead atoms. The first-order valence-electron chi connectivity index (χ1n) is 19.2. The standard InChI is InChI=1S/C52H46N2/c1-4-49(46-26-16-13-23-43(46)39-19-11-8-12-20-39)53-52(54(3)50(5-2)40-21-9-6-7-10-22-40)42-35-31-38(32-36-42)37-29-33-41(34-30-37)51-47-27-17-14-24-44(47)45-25-15-18-28-48(45)51/h5-9,11-36,51-52H,4,10H2,1-3H3/b50-5-,53-49+/t52-/m0/s1. The average molecular weight is 699 g/mol. The van der Waals surface area contributed by atoms with E-state index in [2.05, 4.69) is 214 Å². The van der Waals surface area contributed by atoms with Crippen LogP contribution >= 0.6 is 0 Å². The minimum Gasteiger partial charge on any atom is -0.349 e. The molecule has 0 N–H and O–H groups in total. The predicted molar refractivity (Wildman–Crippen MR) is 229 cm³/mol. The highest BCUT2D eigenvalue weighted by Crippen LogP contribution is 2.48. The normalized spacial score (nSPS) is 14.6. The fraction of sp³-hybridized carbons (Fsp3) is 0.135. The van der Waals surface area contributed by atoms with Gasteiger partial charge in [-0.15, -0.1) is 0 Å². The third kappa shape index (κ3) is 6.84. The number of nitrogens with zero attached hydrogens (tertiary/aromatic N) is 2. The van der Waals surface area contributed by atoms with Crippen LogP contribution in [0.15, 0.2) is 204 Å². The third-order valence-electron chi connectivity index (χ3n) is 10.9. The van der Waals surface area contributed by atoms with Crippen LogP contribution in [-0.2, 0) is 0 Å². The monoisotopic (exact) mass is 698 g/mol. The average Bonchev–Trinajstić information content (AvgIpc) is 3.34. The Morgan fingerprint density at radius 2 is 1.26 bits per heavy atom. The van der Waals surface area contributed by atoms with E-state index in [1.807, 2.05) is 0 Å². The molecule has 6 aromatic carbocycles. The van der Waals surface area contributed by atoms with Gasteiger partial charge in [0, 0.05) is 29.9 Å². The Morgan fingerprint density at radius 1 is 0.667 bits per heavy atom. The van der Waals surface area contributed by atoms with E-state index in [9.17, 15) is 0 Å². The molecule has 0 radical (unpaired) electrons. The first kappa shape index (κ1) is 34.8. The maximum absolute atomic E-state index is 5.64. The lowest BCUT2D eigenvalue weighted by molar-refractivity contribution is 0.325. The zero-order valence-corrected chi connectivity index (χ0v) is 31.4. The van der Waals surface area contributed by atoms with Gasteiger partial charge in [0.05, 0.1) is 0 Å². The molecule has 8 rings (SSSR count). The van der Waals surface area contributed by atoms with Crippen molar-refractivity contribution in [1.82, 2.24) is 4.90 Å². The quantitative estimate of drug-likeness (QED) is 0.130. The number of allylic oxidation sites excluding steroid dienone is 6. The number of fused-ring (bicyclic) bond motifs is 3. The molecule has 6 aromatic rings. The van der Waals surface area contributed by atoms with Gasteiger partial charge in [0.25, 0.3) is 0 Å². The van der Waals surface area contributed by atoms with Gasteiger partial charge >= 0.3 is 0 Å². The number of hydrogen-bond acceptors (Lipinski definition) is 2. The second-order valence-corrected chi connectivity index (χ2v) is 14.0. The molecule has 0 saturated heterocycles. The Hall–Kier alpha value is -6.25. The Kier molecular flexibility index (Phi) is 10.2. The Morgan fingerprint density at radius 3 is 1.91 bits per heavy atom. The largest absolute Gasteiger partial charge is 0.349 e. The molecular weight excluding hydrogens is 653 g/mol. The maximum atomic E-state index is 5.64. The summed E-state index contributed by atoms with van der Waals surface area (Å²) in [7, 11) is 2.18. The molecule has 2 aliphatic carbocycles. The van der Waals surface area contributed by atoms with Crippen molar-refractivity contribution in [2.24, 2.45) is 4.99 Å². The van der Waals surface area contributed by atoms with Crippen molar-refractivity contribution in [2.75, 3.05) is 7.05 Å². The van der Waals surface area contributed by atoms with Gasteiger partial charge in [0.1, 0.15) is 6.17 Å². The predicted octanol–water partition coefficient (Wildman–Crippen LogP) is 13.4. The lowest BCUT2D eigenvalue weighted by Crippen LogP contribution is -2.25. The summed E-state index contributed by atoms with van der Waals surface area (Å²) in [5.74, 6) is 0.248. The molecule has 1 atom stereocenters. The van der Waals surface area contributed by atoms with Crippen molar-refractivity contribution >= 4 is 5.71 Å². The Balaban J connectivity index is 1.15. The van der Waals surface area contributed by atoms with Crippen LogP contribution in [0.3, 0.4) is 0 Å². The van der Waals surface area contributed by atoms with Crippen molar-refractivity contribution in [3.05, 3.63) is 227 Å². The maximum Gasteiger partial charge on any atom is 0.147 e. The van der Waals surface area contributed by atoms with Gasteiger partial charge < -0.3 is 4.90 Å². The minimum absolute atomic E-state index is 0.237. The first-order valence-corrected chi connectivity index (χ1v) is 19.2. The highest BCUT2D eigenvalue weighted by Gasteiger charge is 2.29. The molecule has 0 amide bonds. The van der Waals surface area contributed by atoms with E-state index >= 15 is 0 Å². The van der Waals surface area contributed by atoms with Crippen LogP contribution in [-0.4, -0.2) is 17.7 Å². The van der Waals surface area contributed by atoms with Crippen LogP contribution in [0.25, 0.3) is 33.4 Å². The lowest BCUT2D eigenvalue weighted by Gasteiger charge is -2.31. The van der Waals surface area contributed by atoms with Crippen LogP contribution in [0.4, 0.5) is 0 Å². The number of hydrogen-bond donors (Lipinski definition) is 0. The van der Waals surface area contributed by atoms with Gasteiger partial charge in [-0.2, -0.15) is 0 Å². The van der Waals surface area contributed by atoms with E-state index < -0.39 is 0 Å². The molecule has 54 heavy (non-hydrogen) atoms. The molecule has 0 spiro atoms. The van der Waals surface area contributed by atoms with Crippen molar-refractivity contribution in [2.45, 2.75) is 38.8 Å². The zero-order valence-electron chi connectivity index (χ0n) is 31.4. The van der Waals surface area contributed by atoms with Gasteiger partial charge in [-0.05, 0) is 81.0 Å². The summed E-state index contributed by atoms with van der Waals surface area (Å²) >= 11 is 0. The summed E-state index contributed by atoms with van der Waals surface area (Å²) in [6.07, 6.45) is 14.6. The van der Waals surface area contributed by atoms with E-state index in [4.69, 9.17) is 4.99 Å². The zero-order chi connectivity index (χ0) is 36.9. The Labute approximate surface area is 320 Å². The second-order valence-electron chi connectivity index (χ2n) is 14.0. The fourth-order valence-corrected chi connectivity index (χ4v) is 8.19. The summed E-state index contributed by atoms with van der Waals surface area (Å²) in [5, 5.41) is 0. The smallest absolute Gasteiger partial charge is 0.147 e. The molecule has 0 unspecified atom stereocenters. The van der Waals surface area contributed by atoms with Crippen molar-refractivity contribution in [3.63, 3.8) is 0 Å². The molecule has 2 heteroatoms. The van der Waals surface area contributed by atoms with Gasteiger partial charge in [-0.3, -0.25) is 4.99 Å². The highest BCUT2D eigenvalue weighted by molar-refractivity contribution is 6.06. The highest BCUT2D eigenvalue weighted by atomic mass is 15.2. The summed E-state index contributed by atoms with van der Waals surface area (Å²) in [6.45, 7) is 4.34. The molecule has 0 aliphatic heterocycles. The van der Waals surface area contributed by atoms with Crippen molar-refractivity contribution < 1.29 is 0 Å². The second kappa shape index (κ2) is 15.8. The van der Waals surface area contributed by atoms with E-state index in [0.717, 1.165) is 29.8 Å². The molecule has 2 nitrogen and oxygen atoms in total. The molecule has 0 fully saturated rings. The van der Waals surface area contributed by atoms with Crippen LogP contribution in [0.5, 0.6) is 0 Å². The lowest BCUT2D eigenvalue weighted by atomic mass is 9.88. The summed E-state index contributed by atoms with van der Waals surface area (Å²) in [6, 6.07) is 55.2. The van der Waals surface area contributed by atoms with Crippen LogP contribution in [0, 0.1) is 0 Å². The van der Waals surface area contributed by atoms with Crippen molar-refractivity contribution in [1.29, 1.82) is 0 Å². The molecule has 0 heterocycles. The summed E-state index contributed by atoms with van der Waals surface area (Å²) < 4.78 is 0. The van der Waals surface area contributed by atoms with Gasteiger partial charge in [-0.1, -0.05) is 195 Å². The number of likely N-dealkylation sites (N-methyl/N-ethyl adjacent to an activating group) is 1. The molecule has 0 saturated carbocycles. The Bertz CT molecular complexity index is 2360.